The third-order valence-corrected chi connectivity index (χ3v) is 2.70. The van der Waals surface area contributed by atoms with Gasteiger partial charge in [-0.2, -0.15) is 0 Å². The molecule has 0 spiro atoms. The topological polar surface area (TPSA) is 12.0 Å². The normalized spacial score (nSPS) is 30.8. The Balaban J connectivity index is 2.02. The zero-order valence-corrected chi connectivity index (χ0v) is 8.34. The Hall–Kier alpha value is -0.300. The summed E-state index contributed by atoms with van der Waals surface area (Å²) in [5.41, 5.74) is 0. The summed E-state index contributed by atoms with van der Waals surface area (Å²) in [7, 11) is 0. The van der Waals surface area contributed by atoms with Gasteiger partial charge in [0, 0.05) is 12.1 Å². The highest BCUT2D eigenvalue weighted by molar-refractivity contribution is 4.84. The van der Waals surface area contributed by atoms with E-state index in [1.807, 2.05) is 6.08 Å². The van der Waals surface area contributed by atoms with Gasteiger partial charge in [0.25, 0.3) is 0 Å². The van der Waals surface area contributed by atoms with Gasteiger partial charge in [0.1, 0.15) is 0 Å². The number of hydrogen-bond acceptors (Lipinski definition) is 1. The molecule has 1 aliphatic rings. The Morgan fingerprint density at radius 1 is 1.58 bits per heavy atom. The van der Waals surface area contributed by atoms with Crippen LogP contribution in [0.1, 0.15) is 39.5 Å². The van der Waals surface area contributed by atoms with Crippen molar-refractivity contribution in [3.63, 3.8) is 0 Å². The molecule has 12 heavy (non-hydrogen) atoms. The first kappa shape index (κ1) is 9.79. The van der Waals surface area contributed by atoms with E-state index in [4.69, 9.17) is 0 Å². The lowest BCUT2D eigenvalue weighted by Crippen LogP contribution is -2.44. The molecule has 0 radical (unpaired) electrons. The van der Waals surface area contributed by atoms with E-state index in [1.54, 1.807) is 0 Å². The van der Waals surface area contributed by atoms with Crippen molar-refractivity contribution in [1.82, 2.24) is 5.32 Å². The Kier molecular flexibility index (Phi) is 3.80. The predicted octanol–water partition coefficient (Wildman–Crippen LogP) is 2.73. The summed E-state index contributed by atoms with van der Waals surface area (Å²) in [6.07, 6.45) is 7.11. The zero-order valence-electron chi connectivity index (χ0n) is 8.34. The monoisotopic (exact) mass is 167 g/mol. The molecule has 0 aliphatic heterocycles. The lowest BCUT2D eigenvalue weighted by atomic mass is 9.81. The van der Waals surface area contributed by atoms with Crippen LogP contribution < -0.4 is 5.32 Å². The van der Waals surface area contributed by atoms with Crippen LogP contribution in [0.3, 0.4) is 0 Å². The molecule has 0 bridgehead atoms. The van der Waals surface area contributed by atoms with Crippen molar-refractivity contribution in [2.75, 3.05) is 0 Å². The average molecular weight is 167 g/mol. The van der Waals surface area contributed by atoms with E-state index in [1.165, 1.54) is 19.3 Å². The molecular weight excluding hydrogens is 146 g/mol. The molecule has 1 saturated carbocycles. The summed E-state index contributed by atoms with van der Waals surface area (Å²) in [6.45, 7) is 8.33. The summed E-state index contributed by atoms with van der Waals surface area (Å²) in [5.74, 6) is 0.953. The Morgan fingerprint density at radius 2 is 2.25 bits per heavy atom. The van der Waals surface area contributed by atoms with E-state index in [9.17, 15) is 0 Å². The second kappa shape index (κ2) is 4.66. The first-order valence-electron chi connectivity index (χ1n) is 5.09. The van der Waals surface area contributed by atoms with Crippen molar-refractivity contribution >= 4 is 0 Å². The van der Waals surface area contributed by atoms with Gasteiger partial charge >= 0.3 is 0 Å². The summed E-state index contributed by atoms with van der Waals surface area (Å²) in [4.78, 5) is 0. The molecule has 1 N–H and O–H groups in total. The zero-order chi connectivity index (χ0) is 8.97. The van der Waals surface area contributed by atoms with Crippen molar-refractivity contribution < 1.29 is 0 Å². The van der Waals surface area contributed by atoms with Gasteiger partial charge in [-0.3, -0.25) is 0 Å². The van der Waals surface area contributed by atoms with E-state index >= 15 is 0 Å². The van der Waals surface area contributed by atoms with Gasteiger partial charge in [0.05, 0.1) is 0 Å². The fourth-order valence-electron chi connectivity index (χ4n) is 1.89. The molecule has 1 nitrogen and oxygen atoms in total. The highest BCUT2D eigenvalue weighted by atomic mass is 15.0. The molecule has 1 atom stereocenters. The Labute approximate surface area is 76.2 Å². The molecule has 0 amide bonds. The molecular formula is C11H21N. The third-order valence-electron chi connectivity index (χ3n) is 2.70. The molecule has 1 unspecified atom stereocenters. The van der Waals surface area contributed by atoms with Crippen molar-refractivity contribution in [3.8, 4) is 0 Å². The molecule has 0 aromatic rings. The SMILES string of the molecule is C=CCCC(C)NC1CC(C)C1. The molecule has 0 saturated heterocycles. The van der Waals surface area contributed by atoms with E-state index in [0.717, 1.165) is 18.4 Å². The fourth-order valence-corrected chi connectivity index (χ4v) is 1.89. The van der Waals surface area contributed by atoms with Crippen LogP contribution in [-0.2, 0) is 0 Å². The van der Waals surface area contributed by atoms with Crippen LogP contribution in [0.15, 0.2) is 12.7 Å². The summed E-state index contributed by atoms with van der Waals surface area (Å²) in [6, 6.07) is 1.47. The molecule has 0 heterocycles. The maximum Gasteiger partial charge on any atom is 0.00746 e. The first-order chi connectivity index (χ1) is 5.72. The van der Waals surface area contributed by atoms with Gasteiger partial charge in [-0.05, 0) is 38.5 Å². The van der Waals surface area contributed by atoms with Crippen molar-refractivity contribution in [3.05, 3.63) is 12.7 Å². The van der Waals surface area contributed by atoms with Crippen LogP contribution in [0.2, 0.25) is 0 Å². The van der Waals surface area contributed by atoms with Crippen LogP contribution in [0.25, 0.3) is 0 Å². The van der Waals surface area contributed by atoms with Gasteiger partial charge in [0.2, 0.25) is 0 Å². The summed E-state index contributed by atoms with van der Waals surface area (Å²) in [5, 5.41) is 3.63. The Morgan fingerprint density at radius 3 is 2.75 bits per heavy atom. The van der Waals surface area contributed by atoms with Gasteiger partial charge in [0.15, 0.2) is 0 Å². The molecule has 0 aromatic carbocycles. The van der Waals surface area contributed by atoms with Crippen LogP contribution in [-0.4, -0.2) is 12.1 Å². The largest absolute Gasteiger partial charge is 0.311 e. The van der Waals surface area contributed by atoms with Crippen LogP contribution in [0, 0.1) is 5.92 Å². The highest BCUT2D eigenvalue weighted by Gasteiger charge is 2.25. The smallest absolute Gasteiger partial charge is 0.00746 e. The van der Waals surface area contributed by atoms with E-state index in [0.29, 0.717) is 6.04 Å². The van der Waals surface area contributed by atoms with Crippen molar-refractivity contribution in [2.45, 2.75) is 51.6 Å². The van der Waals surface area contributed by atoms with Gasteiger partial charge < -0.3 is 5.32 Å². The summed E-state index contributed by atoms with van der Waals surface area (Å²) < 4.78 is 0. The minimum atomic E-state index is 0.667. The molecule has 1 fully saturated rings. The fraction of sp³-hybridized carbons (Fsp3) is 0.818. The first-order valence-corrected chi connectivity index (χ1v) is 5.09. The molecule has 1 aliphatic carbocycles. The van der Waals surface area contributed by atoms with Crippen LogP contribution >= 0.6 is 0 Å². The average Bonchev–Trinajstić information content (AvgIpc) is 1.98. The van der Waals surface area contributed by atoms with E-state index in [2.05, 4.69) is 25.7 Å². The van der Waals surface area contributed by atoms with E-state index < -0.39 is 0 Å². The van der Waals surface area contributed by atoms with Gasteiger partial charge in [-0.25, -0.2) is 0 Å². The van der Waals surface area contributed by atoms with Gasteiger partial charge in [-0.15, -0.1) is 6.58 Å². The molecule has 1 heteroatoms. The molecule has 70 valence electrons. The standard InChI is InChI=1S/C11H21N/c1-4-5-6-10(3)12-11-7-9(2)8-11/h4,9-12H,1,5-8H2,2-3H3. The Bertz CT molecular complexity index is 136. The van der Waals surface area contributed by atoms with Gasteiger partial charge in [-0.1, -0.05) is 13.0 Å². The lowest BCUT2D eigenvalue weighted by molar-refractivity contribution is 0.223. The number of rotatable bonds is 5. The number of nitrogens with one attached hydrogen (secondary N) is 1. The molecule has 0 aromatic heterocycles. The van der Waals surface area contributed by atoms with Crippen LogP contribution in [0.4, 0.5) is 0 Å². The van der Waals surface area contributed by atoms with Crippen molar-refractivity contribution in [1.29, 1.82) is 0 Å². The number of allylic oxidation sites excluding steroid dienone is 1. The second-order valence-corrected chi connectivity index (χ2v) is 4.21. The predicted molar refractivity (Wildman–Crippen MR) is 54.2 cm³/mol. The minimum absolute atomic E-state index is 0.667. The second-order valence-electron chi connectivity index (χ2n) is 4.21. The minimum Gasteiger partial charge on any atom is -0.311 e. The quantitative estimate of drug-likeness (QED) is 0.621. The third kappa shape index (κ3) is 2.98. The lowest BCUT2D eigenvalue weighted by Gasteiger charge is -2.35. The maximum atomic E-state index is 3.73. The van der Waals surface area contributed by atoms with Crippen molar-refractivity contribution in [2.24, 2.45) is 5.92 Å². The maximum absolute atomic E-state index is 3.73. The van der Waals surface area contributed by atoms with E-state index in [-0.39, 0.29) is 0 Å². The van der Waals surface area contributed by atoms with Crippen LogP contribution in [0.5, 0.6) is 0 Å². The summed E-state index contributed by atoms with van der Waals surface area (Å²) >= 11 is 0. The number of hydrogen-bond donors (Lipinski definition) is 1. The highest BCUT2D eigenvalue weighted by Crippen LogP contribution is 2.26. The molecule has 1 rings (SSSR count).